The lowest BCUT2D eigenvalue weighted by atomic mass is 10.1. The van der Waals surface area contributed by atoms with Gasteiger partial charge in [-0.05, 0) is 25.0 Å². The Morgan fingerprint density at radius 1 is 1.08 bits per heavy atom. The smallest absolute Gasteiger partial charge is 0.227 e. The van der Waals surface area contributed by atoms with Gasteiger partial charge >= 0.3 is 0 Å². The number of nitrogens with zero attached hydrogens (tertiary/aromatic N) is 1. The summed E-state index contributed by atoms with van der Waals surface area (Å²) in [6, 6.07) is 6.61. The number of para-hydroxylation sites is 2. The Hall–Kier alpha value is -1.61. The summed E-state index contributed by atoms with van der Waals surface area (Å²) in [5, 5.41) is 3.25. The van der Waals surface area contributed by atoms with E-state index in [2.05, 4.69) is 5.32 Å². The number of rotatable bonds is 5. The van der Waals surface area contributed by atoms with Crippen LogP contribution in [0.3, 0.4) is 0 Å². The Labute approximate surface area is 154 Å². The van der Waals surface area contributed by atoms with E-state index in [9.17, 15) is 21.6 Å². The zero-order valence-electron chi connectivity index (χ0n) is 14.7. The van der Waals surface area contributed by atoms with Crippen molar-refractivity contribution in [2.24, 2.45) is 0 Å². The third-order valence-corrected chi connectivity index (χ3v) is 8.42. The number of nitrogens with one attached hydrogen (secondary N) is 1. The maximum absolute atomic E-state index is 12.6. The molecular weight excluding hydrogens is 376 g/mol. The standard InChI is InChI=1S/C17H24N2O5S2/c1-2-17(20)19(14-8-10-26(23,24)12-14)16-6-4-3-5-15(16)18-13-7-9-25(21,22)11-13/h3-6,13-14,18H,2,7-12H2,1H3. The lowest BCUT2D eigenvalue weighted by Crippen LogP contribution is -2.41. The van der Waals surface area contributed by atoms with Crippen LogP contribution in [0.15, 0.2) is 24.3 Å². The summed E-state index contributed by atoms with van der Waals surface area (Å²) < 4.78 is 47.2. The molecule has 1 aromatic carbocycles. The number of carbonyl (C=O) groups excluding carboxylic acids is 1. The van der Waals surface area contributed by atoms with Crippen LogP contribution < -0.4 is 10.2 Å². The first-order valence-electron chi connectivity index (χ1n) is 8.79. The van der Waals surface area contributed by atoms with Gasteiger partial charge in [-0.1, -0.05) is 19.1 Å². The van der Waals surface area contributed by atoms with E-state index >= 15 is 0 Å². The van der Waals surface area contributed by atoms with Crippen molar-refractivity contribution in [2.45, 2.75) is 38.3 Å². The summed E-state index contributed by atoms with van der Waals surface area (Å²) in [6.07, 6.45) is 1.21. The Kier molecular flexibility index (Phi) is 5.30. The molecule has 1 amide bonds. The molecule has 2 atom stereocenters. The van der Waals surface area contributed by atoms with Crippen LogP contribution in [0.25, 0.3) is 0 Å². The van der Waals surface area contributed by atoms with Gasteiger partial charge in [0.05, 0.1) is 40.4 Å². The maximum Gasteiger partial charge on any atom is 0.227 e. The number of benzene rings is 1. The topological polar surface area (TPSA) is 101 Å². The van der Waals surface area contributed by atoms with Crippen LogP contribution in [0.5, 0.6) is 0 Å². The normalized spacial score (nSPS) is 26.5. The molecule has 2 aliphatic rings. The average Bonchev–Trinajstić information content (AvgIpc) is 3.10. The number of hydrogen-bond donors (Lipinski definition) is 1. The highest BCUT2D eigenvalue weighted by atomic mass is 32.2. The third-order valence-electron chi connectivity index (χ3n) is 4.90. The molecule has 0 aromatic heterocycles. The highest BCUT2D eigenvalue weighted by Crippen LogP contribution is 2.33. The highest BCUT2D eigenvalue weighted by Gasteiger charge is 2.36. The SMILES string of the molecule is CCC(=O)N(c1ccccc1NC1CCS(=O)(=O)C1)C1CCS(=O)(=O)C1. The number of sulfone groups is 2. The fraction of sp³-hybridized carbons (Fsp3) is 0.588. The molecule has 0 saturated carbocycles. The molecule has 144 valence electrons. The molecule has 2 saturated heterocycles. The van der Waals surface area contributed by atoms with Crippen molar-refractivity contribution in [3.05, 3.63) is 24.3 Å². The van der Waals surface area contributed by atoms with Gasteiger partial charge < -0.3 is 10.2 Å². The minimum atomic E-state index is -3.13. The van der Waals surface area contributed by atoms with Crippen LogP contribution in [0.2, 0.25) is 0 Å². The van der Waals surface area contributed by atoms with Gasteiger partial charge in [0.25, 0.3) is 0 Å². The third kappa shape index (κ3) is 4.20. The van der Waals surface area contributed by atoms with E-state index in [1.165, 1.54) is 0 Å². The first-order chi connectivity index (χ1) is 12.2. The zero-order chi connectivity index (χ0) is 18.9. The predicted octanol–water partition coefficient (Wildman–Crippen LogP) is 1.22. The first kappa shape index (κ1) is 19.2. The molecule has 2 fully saturated rings. The second-order valence-corrected chi connectivity index (χ2v) is 11.4. The summed E-state index contributed by atoms with van der Waals surface area (Å²) in [4.78, 5) is 14.2. The van der Waals surface area contributed by atoms with E-state index in [4.69, 9.17) is 0 Å². The Morgan fingerprint density at radius 3 is 2.31 bits per heavy atom. The molecule has 0 radical (unpaired) electrons. The van der Waals surface area contributed by atoms with Gasteiger partial charge in [-0.15, -0.1) is 0 Å². The molecule has 1 aromatic rings. The van der Waals surface area contributed by atoms with E-state index in [0.717, 1.165) is 0 Å². The Morgan fingerprint density at radius 2 is 1.73 bits per heavy atom. The van der Waals surface area contributed by atoms with Crippen LogP contribution in [-0.2, 0) is 24.5 Å². The monoisotopic (exact) mass is 400 g/mol. The summed E-state index contributed by atoms with van der Waals surface area (Å²) in [7, 11) is -6.16. The summed E-state index contributed by atoms with van der Waals surface area (Å²) >= 11 is 0. The summed E-state index contributed by atoms with van der Waals surface area (Å²) in [5.74, 6) is 0.138. The quantitative estimate of drug-likeness (QED) is 0.797. The number of hydrogen-bond acceptors (Lipinski definition) is 6. The highest BCUT2D eigenvalue weighted by molar-refractivity contribution is 7.91. The number of amides is 1. The number of anilines is 2. The van der Waals surface area contributed by atoms with E-state index in [1.54, 1.807) is 30.0 Å². The van der Waals surface area contributed by atoms with Gasteiger partial charge in [-0.2, -0.15) is 0 Å². The number of carbonyl (C=O) groups is 1. The lowest BCUT2D eigenvalue weighted by Gasteiger charge is -2.31. The minimum Gasteiger partial charge on any atom is -0.380 e. The summed E-state index contributed by atoms with van der Waals surface area (Å²) in [6.45, 7) is 1.75. The van der Waals surface area contributed by atoms with Crippen LogP contribution >= 0.6 is 0 Å². The molecular formula is C17H24N2O5S2. The molecule has 2 aliphatic heterocycles. The minimum absolute atomic E-state index is 0.0368. The maximum atomic E-state index is 12.6. The fourth-order valence-corrected chi connectivity index (χ4v) is 6.99. The molecule has 2 heterocycles. The van der Waals surface area contributed by atoms with Gasteiger partial charge in [0.15, 0.2) is 19.7 Å². The average molecular weight is 401 g/mol. The molecule has 26 heavy (non-hydrogen) atoms. The zero-order valence-corrected chi connectivity index (χ0v) is 16.4. The van der Waals surface area contributed by atoms with Crippen molar-refractivity contribution in [3.63, 3.8) is 0 Å². The molecule has 1 N–H and O–H groups in total. The molecule has 0 spiro atoms. The second kappa shape index (κ2) is 7.19. The first-order valence-corrected chi connectivity index (χ1v) is 12.4. The van der Waals surface area contributed by atoms with Crippen molar-refractivity contribution in [1.82, 2.24) is 0 Å². The largest absolute Gasteiger partial charge is 0.380 e. The van der Waals surface area contributed by atoms with Gasteiger partial charge in [0.2, 0.25) is 5.91 Å². The molecule has 7 nitrogen and oxygen atoms in total. The van der Waals surface area contributed by atoms with Crippen LogP contribution in [0, 0.1) is 0 Å². The van der Waals surface area contributed by atoms with Gasteiger partial charge in [-0.3, -0.25) is 4.79 Å². The van der Waals surface area contributed by atoms with Crippen LogP contribution in [0.1, 0.15) is 26.2 Å². The predicted molar refractivity (Wildman–Crippen MR) is 102 cm³/mol. The summed E-state index contributed by atoms with van der Waals surface area (Å²) in [5.41, 5.74) is 1.28. The fourth-order valence-electron chi connectivity index (χ4n) is 3.62. The van der Waals surface area contributed by atoms with E-state index in [1.807, 2.05) is 6.07 Å². The van der Waals surface area contributed by atoms with Crippen molar-refractivity contribution in [3.8, 4) is 0 Å². The molecule has 9 heteroatoms. The second-order valence-electron chi connectivity index (χ2n) is 6.94. The molecule has 0 bridgehead atoms. The molecule has 2 unspecified atom stereocenters. The van der Waals surface area contributed by atoms with Crippen molar-refractivity contribution in [2.75, 3.05) is 33.2 Å². The van der Waals surface area contributed by atoms with Crippen LogP contribution in [0.4, 0.5) is 11.4 Å². The lowest BCUT2D eigenvalue weighted by molar-refractivity contribution is -0.118. The van der Waals surface area contributed by atoms with Crippen LogP contribution in [-0.4, -0.2) is 57.8 Å². The van der Waals surface area contributed by atoms with Gasteiger partial charge in [0.1, 0.15) is 0 Å². The van der Waals surface area contributed by atoms with E-state index in [-0.39, 0.29) is 47.4 Å². The van der Waals surface area contributed by atoms with Crippen molar-refractivity contribution < 1.29 is 21.6 Å². The van der Waals surface area contributed by atoms with E-state index < -0.39 is 19.7 Å². The van der Waals surface area contributed by atoms with Crippen molar-refractivity contribution >= 4 is 37.0 Å². The van der Waals surface area contributed by atoms with Gasteiger partial charge in [0, 0.05) is 12.5 Å². The van der Waals surface area contributed by atoms with Crippen molar-refractivity contribution in [1.29, 1.82) is 0 Å². The van der Waals surface area contributed by atoms with Gasteiger partial charge in [-0.25, -0.2) is 16.8 Å². The Bertz CT molecular complexity index is 895. The molecule has 3 rings (SSSR count). The Balaban J connectivity index is 1.91. The van der Waals surface area contributed by atoms with E-state index in [0.29, 0.717) is 24.2 Å². The molecule has 0 aliphatic carbocycles.